The van der Waals surface area contributed by atoms with Gasteiger partial charge in [0, 0.05) is 39.1 Å². The van der Waals surface area contributed by atoms with Crippen molar-refractivity contribution in [2.45, 2.75) is 43.8 Å². The van der Waals surface area contributed by atoms with E-state index in [1.54, 1.807) is 16.4 Å². The molecule has 1 aromatic heterocycles. The van der Waals surface area contributed by atoms with Crippen molar-refractivity contribution in [1.29, 1.82) is 0 Å². The Bertz CT molecular complexity index is 1260. The summed E-state index contributed by atoms with van der Waals surface area (Å²) >= 11 is 5.66. The van der Waals surface area contributed by atoms with Crippen molar-refractivity contribution in [2.75, 3.05) is 26.2 Å². The molecule has 0 unspecified atom stereocenters. The summed E-state index contributed by atoms with van der Waals surface area (Å²) in [5.74, 6) is 1.08. The zero-order chi connectivity index (χ0) is 21.4. The highest BCUT2D eigenvalue weighted by molar-refractivity contribution is 7.89. The molecule has 3 aromatic rings. The van der Waals surface area contributed by atoms with Crippen LogP contribution in [0.1, 0.15) is 25.1 Å². The maximum absolute atomic E-state index is 13.2. The number of fused-ring (bicyclic) bond motifs is 2. The third kappa shape index (κ3) is 4.07. The van der Waals surface area contributed by atoms with Crippen LogP contribution in [0.4, 0.5) is 0 Å². The summed E-state index contributed by atoms with van der Waals surface area (Å²) in [7, 11) is -3.50. The third-order valence-electron chi connectivity index (χ3n) is 6.31. The minimum atomic E-state index is -3.50. The van der Waals surface area contributed by atoms with Gasteiger partial charge in [0.05, 0.1) is 11.6 Å². The van der Waals surface area contributed by atoms with Gasteiger partial charge in [-0.15, -0.1) is 0 Å². The molecule has 2 aliphatic heterocycles. The van der Waals surface area contributed by atoms with Gasteiger partial charge in [0.2, 0.25) is 10.0 Å². The first kappa shape index (κ1) is 20.8. The van der Waals surface area contributed by atoms with Crippen molar-refractivity contribution in [1.82, 2.24) is 23.6 Å². The first-order chi connectivity index (χ1) is 15.0. The monoisotopic (exact) mass is 457 g/mol. The standard InChI is InChI=1S/C22H27N5O2S2/c28-31(29,20-10-9-18-6-3-4-7-19(18)16-20)25-14-12-24(13-15-25)17-27-22(30)26-11-5-1-2-8-21(26)23-27/h3-4,6-7,9-10,16H,1-2,5,8,11-15,17H2. The second kappa shape index (κ2) is 8.46. The van der Waals surface area contributed by atoms with Crippen LogP contribution in [-0.2, 0) is 29.7 Å². The molecule has 0 amide bonds. The molecule has 5 rings (SSSR count). The fraction of sp³-hybridized carbons (Fsp3) is 0.455. The van der Waals surface area contributed by atoms with E-state index >= 15 is 0 Å². The average molecular weight is 458 g/mol. The first-order valence-corrected chi connectivity index (χ1v) is 12.7. The number of nitrogens with zero attached hydrogens (tertiary/aromatic N) is 5. The molecule has 0 aliphatic carbocycles. The lowest BCUT2D eigenvalue weighted by Crippen LogP contribution is -2.48. The number of aromatic nitrogens is 3. The molecule has 0 bridgehead atoms. The molecule has 0 atom stereocenters. The highest BCUT2D eigenvalue weighted by Crippen LogP contribution is 2.23. The fourth-order valence-electron chi connectivity index (χ4n) is 4.50. The normalized spacial score (nSPS) is 18.7. The molecule has 164 valence electrons. The summed E-state index contributed by atoms with van der Waals surface area (Å²) in [5, 5.41) is 6.73. The topological polar surface area (TPSA) is 63.4 Å². The van der Waals surface area contributed by atoms with E-state index in [0.29, 0.717) is 37.7 Å². The smallest absolute Gasteiger partial charge is 0.243 e. The van der Waals surface area contributed by atoms with Crippen LogP contribution in [0.15, 0.2) is 47.4 Å². The van der Waals surface area contributed by atoms with E-state index in [4.69, 9.17) is 17.3 Å². The lowest BCUT2D eigenvalue weighted by molar-refractivity contribution is 0.144. The van der Waals surface area contributed by atoms with E-state index in [1.807, 2.05) is 35.0 Å². The zero-order valence-corrected chi connectivity index (χ0v) is 19.1. The van der Waals surface area contributed by atoms with Crippen molar-refractivity contribution >= 4 is 33.0 Å². The van der Waals surface area contributed by atoms with Gasteiger partial charge in [-0.05, 0) is 48.0 Å². The van der Waals surface area contributed by atoms with E-state index < -0.39 is 10.0 Å². The SMILES string of the molecule is O=S(=O)(c1ccc2ccccc2c1)N1CCN(Cn2nc3n(c2=S)CCCCC3)CC1. The molecule has 2 aromatic carbocycles. The van der Waals surface area contributed by atoms with Crippen molar-refractivity contribution in [3.63, 3.8) is 0 Å². The molecule has 3 heterocycles. The van der Waals surface area contributed by atoms with Crippen LogP contribution in [0, 0.1) is 4.77 Å². The van der Waals surface area contributed by atoms with Crippen molar-refractivity contribution < 1.29 is 8.42 Å². The molecular formula is C22H27N5O2S2. The molecule has 31 heavy (non-hydrogen) atoms. The Morgan fingerprint density at radius 2 is 1.68 bits per heavy atom. The van der Waals surface area contributed by atoms with E-state index in [-0.39, 0.29) is 0 Å². The Morgan fingerprint density at radius 3 is 2.48 bits per heavy atom. The minimum absolute atomic E-state index is 0.361. The fourth-order valence-corrected chi connectivity index (χ4v) is 6.25. The summed E-state index contributed by atoms with van der Waals surface area (Å²) in [6.07, 6.45) is 4.52. The van der Waals surface area contributed by atoms with Crippen LogP contribution in [0.5, 0.6) is 0 Å². The second-order valence-corrected chi connectivity index (χ2v) is 10.6. The number of rotatable bonds is 4. The van der Waals surface area contributed by atoms with Gasteiger partial charge < -0.3 is 4.57 Å². The van der Waals surface area contributed by atoms with E-state index in [1.165, 1.54) is 6.42 Å². The van der Waals surface area contributed by atoms with Crippen LogP contribution in [0.25, 0.3) is 10.8 Å². The summed E-state index contributed by atoms with van der Waals surface area (Å²) < 4.78 is 32.8. The van der Waals surface area contributed by atoms with Crippen LogP contribution >= 0.6 is 12.2 Å². The summed E-state index contributed by atoms with van der Waals surface area (Å²) in [4.78, 5) is 2.59. The predicted octanol–water partition coefficient (Wildman–Crippen LogP) is 3.26. The largest absolute Gasteiger partial charge is 0.304 e. The summed E-state index contributed by atoms with van der Waals surface area (Å²) in [6, 6.07) is 13.2. The number of hydrogen-bond acceptors (Lipinski definition) is 5. The molecule has 0 N–H and O–H groups in total. The second-order valence-electron chi connectivity index (χ2n) is 8.33. The van der Waals surface area contributed by atoms with E-state index in [0.717, 1.165) is 47.2 Å². The van der Waals surface area contributed by atoms with Gasteiger partial charge in [0.15, 0.2) is 4.77 Å². The van der Waals surface area contributed by atoms with Crippen molar-refractivity contribution in [3.8, 4) is 0 Å². The van der Waals surface area contributed by atoms with Gasteiger partial charge in [0.25, 0.3) is 0 Å². The Hall–Kier alpha value is -2.07. The molecule has 7 nitrogen and oxygen atoms in total. The molecule has 0 saturated carbocycles. The molecular weight excluding hydrogens is 430 g/mol. The first-order valence-electron chi connectivity index (χ1n) is 10.9. The van der Waals surface area contributed by atoms with Crippen molar-refractivity contribution in [3.05, 3.63) is 53.1 Å². The zero-order valence-electron chi connectivity index (χ0n) is 17.5. The van der Waals surface area contributed by atoms with Gasteiger partial charge in [-0.1, -0.05) is 36.8 Å². The van der Waals surface area contributed by atoms with Gasteiger partial charge in [-0.25, -0.2) is 13.1 Å². The van der Waals surface area contributed by atoms with Crippen LogP contribution in [-0.4, -0.2) is 58.1 Å². The number of piperazine rings is 1. The van der Waals surface area contributed by atoms with Crippen LogP contribution < -0.4 is 0 Å². The van der Waals surface area contributed by atoms with E-state index in [2.05, 4.69) is 9.47 Å². The van der Waals surface area contributed by atoms with Gasteiger partial charge in [0.1, 0.15) is 5.82 Å². The number of sulfonamides is 1. The molecule has 1 saturated heterocycles. The van der Waals surface area contributed by atoms with Crippen LogP contribution in [0.3, 0.4) is 0 Å². The highest BCUT2D eigenvalue weighted by Gasteiger charge is 2.29. The molecule has 0 spiro atoms. The van der Waals surface area contributed by atoms with Gasteiger partial charge in [-0.3, -0.25) is 4.90 Å². The van der Waals surface area contributed by atoms with Gasteiger partial charge >= 0.3 is 0 Å². The molecule has 2 aliphatic rings. The summed E-state index contributed by atoms with van der Waals surface area (Å²) in [6.45, 7) is 3.83. The van der Waals surface area contributed by atoms with Gasteiger partial charge in [-0.2, -0.15) is 9.40 Å². The van der Waals surface area contributed by atoms with E-state index in [9.17, 15) is 8.42 Å². The Kier molecular flexibility index (Phi) is 5.68. The Morgan fingerprint density at radius 1 is 0.903 bits per heavy atom. The molecule has 9 heteroatoms. The minimum Gasteiger partial charge on any atom is -0.304 e. The quantitative estimate of drug-likeness (QED) is 0.563. The molecule has 0 radical (unpaired) electrons. The number of hydrogen-bond donors (Lipinski definition) is 0. The maximum atomic E-state index is 13.2. The molecule has 1 fully saturated rings. The average Bonchev–Trinajstić information content (AvgIpc) is 2.94. The van der Waals surface area contributed by atoms with Crippen LogP contribution in [0.2, 0.25) is 0 Å². The lowest BCUT2D eigenvalue weighted by Gasteiger charge is -2.33. The third-order valence-corrected chi connectivity index (χ3v) is 8.63. The summed E-state index contributed by atoms with van der Waals surface area (Å²) in [5.41, 5.74) is 0. The van der Waals surface area contributed by atoms with Crippen molar-refractivity contribution in [2.24, 2.45) is 0 Å². The number of benzene rings is 2. The highest BCUT2D eigenvalue weighted by atomic mass is 32.2. The maximum Gasteiger partial charge on any atom is 0.243 e. The Labute approximate surface area is 187 Å². The number of aryl methyl sites for hydroxylation is 1. The lowest BCUT2D eigenvalue weighted by atomic mass is 10.1. The predicted molar refractivity (Wildman–Crippen MR) is 123 cm³/mol. The Balaban J connectivity index is 1.27.